The van der Waals surface area contributed by atoms with E-state index in [4.69, 9.17) is 9.92 Å². The van der Waals surface area contributed by atoms with E-state index in [1.54, 1.807) is 18.2 Å². The highest BCUT2D eigenvalue weighted by atomic mass is 32.2. The first-order chi connectivity index (χ1) is 6.89. The number of nitrogen functional groups attached to an aromatic ring is 1. The lowest BCUT2D eigenvalue weighted by atomic mass is 10.3. The number of anilines is 1. The molecule has 1 rings (SSSR count). The van der Waals surface area contributed by atoms with E-state index in [0.717, 1.165) is 0 Å². The molecule has 0 saturated heterocycles. The predicted octanol–water partition coefficient (Wildman–Crippen LogP) is 1.63. The highest BCUT2D eigenvalue weighted by molar-refractivity contribution is 7.87. The van der Waals surface area contributed by atoms with E-state index in [2.05, 4.69) is 0 Å². The Labute approximate surface area is 90.2 Å². The van der Waals surface area contributed by atoms with Crippen LogP contribution < -0.4 is 9.92 Å². The number of rotatable bonds is 4. The van der Waals surface area contributed by atoms with Crippen LogP contribution in [0.15, 0.2) is 24.3 Å². The third-order valence-electron chi connectivity index (χ3n) is 1.62. The maximum Gasteiger partial charge on any atom is 0.309 e. The second-order valence-corrected chi connectivity index (χ2v) is 5.39. The fourth-order valence-corrected chi connectivity index (χ4v) is 2.44. The van der Waals surface area contributed by atoms with E-state index in [9.17, 15) is 8.42 Å². The van der Waals surface area contributed by atoms with Crippen molar-refractivity contribution in [3.8, 4) is 5.75 Å². The number of hydrogen-bond donors (Lipinski definition) is 1. The topological polar surface area (TPSA) is 69.4 Å². The molecule has 84 valence electrons. The predicted molar refractivity (Wildman–Crippen MR) is 60.1 cm³/mol. The molecule has 4 nitrogen and oxygen atoms in total. The molecule has 0 spiro atoms. The molecule has 0 unspecified atom stereocenters. The van der Waals surface area contributed by atoms with Crippen LogP contribution in [0.1, 0.15) is 13.8 Å². The molecular weight excluding hydrogens is 214 g/mol. The normalized spacial score (nSPS) is 11.7. The van der Waals surface area contributed by atoms with Gasteiger partial charge in [0.1, 0.15) is 5.75 Å². The minimum Gasteiger partial charge on any atom is -0.399 e. The Morgan fingerprint density at radius 1 is 1.40 bits per heavy atom. The molecule has 0 aromatic heterocycles. The van der Waals surface area contributed by atoms with Crippen LogP contribution in [0.25, 0.3) is 0 Å². The van der Waals surface area contributed by atoms with Gasteiger partial charge in [0.05, 0.1) is 5.75 Å². The molecule has 0 aliphatic heterocycles. The first kappa shape index (κ1) is 11.8. The number of hydrogen-bond acceptors (Lipinski definition) is 4. The summed E-state index contributed by atoms with van der Waals surface area (Å²) in [6.45, 7) is 3.64. The van der Waals surface area contributed by atoms with Crippen LogP contribution >= 0.6 is 0 Å². The van der Waals surface area contributed by atoms with Gasteiger partial charge in [0.2, 0.25) is 0 Å². The summed E-state index contributed by atoms with van der Waals surface area (Å²) in [5.74, 6) is 0.300. The molecule has 0 aliphatic carbocycles. The van der Waals surface area contributed by atoms with E-state index in [1.165, 1.54) is 6.07 Å². The Hall–Kier alpha value is -1.23. The maximum atomic E-state index is 11.5. The highest BCUT2D eigenvalue weighted by Gasteiger charge is 2.14. The summed E-state index contributed by atoms with van der Waals surface area (Å²) >= 11 is 0. The van der Waals surface area contributed by atoms with Gasteiger partial charge in [-0.15, -0.1) is 0 Å². The Bertz CT molecular complexity index is 426. The molecule has 1 aromatic rings. The standard InChI is InChI=1S/C10H15NO3S/c1-8(2)7-15(12,13)14-10-5-3-4-9(11)6-10/h3-6,8H,7,11H2,1-2H3. The van der Waals surface area contributed by atoms with Crippen LogP contribution in [-0.4, -0.2) is 14.2 Å². The van der Waals surface area contributed by atoms with Crippen molar-refractivity contribution in [1.82, 2.24) is 0 Å². The molecular formula is C10H15NO3S. The molecule has 1 aromatic carbocycles. The van der Waals surface area contributed by atoms with Crippen LogP contribution in [0.5, 0.6) is 5.75 Å². The summed E-state index contributed by atoms with van der Waals surface area (Å²) in [5, 5.41) is 0. The molecule has 0 aliphatic rings. The van der Waals surface area contributed by atoms with Crippen molar-refractivity contribution < 1.29 is 12.6 Å². The molecule has 0 bridgehead atoms. The van der Waals surface area contributed by atoms with Crippen molar-refractivity contribution in [3.05, 3.63) is 24.3 Å². The van der Waals surface area contributed by atoms with Gasteiger partial charge >= 0.3 is 10.1 Å². The molecule has 0 atom stereocenters. The Kier molecular flexibility index (Phi) is 3.57. The van der Waals surface area contributed by atoms with Crippen molar-refractivity contribution in [2.75, 3.05) is 11.5 Å². The summed E-state index contributed by atoms with van der Waals surface area (Å²) in [7, 11) is -3.51. The summed E-state index contributed by atoms with van der Waals surface area (Å²) in [6, 6.07) is 6.36. The summed E-state index contributed by atoms with van der Waals surface area (Å²) < 4.78 is 27.8. The zero-order valence-corrected chi connectivity index (χ0v) is 9.62. The Balaban J connectivity index is 2.78. The highest BCUT2D eigenvalue weighted by Crippen LogP contribution is 2.17. The monoisotopic (exact) mass is 229 g/mol. The van der Waals surface area contributed by atoms with Gasteiger partial charge in [-0.25, -0.2) is 0 Å². The fourth-order valence-electron chi connectivity index (χ4n) is 1.16. The number of nitrogens with two attached hydrogens (primary N) is 1. The molecule has 0 radical (unpaired) electrons. The molecule has 0 fully saturated rings. The Morgan fingerprint density at radius 3 is 2.60 bits per heavy atom. The van der Waals surface area contributed by atoms with E-state index >= 15 is 0 Å². The van der Waals surface area contributed by atoms with E-state index in [0.29, 0.717) is 5.69 Å². The zero-order valence-electron chi connectivity index (χ0n) is 8.80. The third kappa shape index (κ3) is 4.20. The Morgan fingerprint density at radius 2 is 2.07 bits per heavy atom. The van der Waals surface area contributed by atoms with E-state index in [-0.39, 0.29) is 17.4 Å². The van der Waals surface area contributed by atoms with Crippen LogP contribution in [0.3, 0.4) is 0 Å². The smallest absolute Gasteiger partial charge is 0.309 e. The van der Waals surface area contributed by atoms with Crippen LogP contribution in [-0.2, 0) is 10.1 Å². The molecule has 15 heavy (non-hydrogen) atoms. The second-order valence-electron chi connectivity index (χ2n) is 3.77. The van der Waals surface area contributed by atoms with Crippen molar-refractivity contribution in [2.45, 2.75) is 13.8 Å². The van der Waals surface area contributed by atoms with Gasteiger partial charge in [0, 0.05) is 11.8 Å². The van der Waals surface area contributed by atoms with Crippen molar-refractivity contribution in [2.24, 2.45) is 5.92 Å². The van der Waals surface area contributed by atoms with Crippen molar-refractivity contribution >= 4 is 15.8 Å². The van der Waals surface area contributed by atoms with Gasteiger partial charge < -0.3 is 9.92 Å². The van der Waals surface area contributed by atoms with Crippen LogP contribution in [0.4, 0.5) is 5.69 Å². The zero-order chi connectivity index (χ0) is 11.5. The summed E-state index contributed by atoms with van der Waals surface area (Å²) in [4.78, 5) is 0. The first-order valence-corrected chi connectivity index (χ1v) is 6.24. The molecule has 0 saturated carbocycles. The minimum atomic E-state index is -3.51. The average Bonchev–Trinajstić information content (AvgIpc) is 1.99. The minimum absolute atomic E-state index is 0.00178. The van der Waals surface area contributed by atoms with Crippen molar-refractivity contribution in [1.29, 1.82) is 0 Å². The lowest BCUT2D eigenvalue weighted by molar-refractivity contribution is 0.477. The van der Waals surface area contributed by atoms with Gasteiger partial charge in [-0.05, 0) is 18.1 Å². The quantitative estimate of drug-likeness (QED) is 0.629. The molecule has 5 heteroatoms. The largest absolute Gasteiger partial charge is 0.399 e. The third-order valence-corrected chi connectivity index (χ3v) is 3.14. The lowest BCUT2D eigenvalue weighted by Crippen LogP contribution is -2.17. The average molecular weight is 229 g/mol. The first-order valence-electron chi connectivity index (χ1n) is 4.67. The van der Waals surface area contributed by atoms with Crippen LogP contribution in [0.2, 0.25) is 0 Å². The van der Waals surface area contributed by atoms with Crippen LogP contribution in [0, 0.1) is 5.92 Å². The summed E-state index contributed by atoms with van der Waals surface area (Å²) in [5.41, 5.74) is 5.98. The van der Waals surface area contributed by atoms with Gasteiger partial charge in [-0.2, -0.15) is 8.42 Å². The van der Waals surface area contributed by atoms with Gasteiger partial charge in [0.25, 0.3) is 0 Å². The maximum absolute atomic E-state index is 11.5. The molecule has 0 amide bonds. The molecule has 0 heterocycles. The fraction of sp³-hybridized carbons (Fsp3) is 0.400. The summed E-state index contributed by atoms with van der Waals surface area (Å²) in [6.07, 6.45) is 0. The van der Waals surface area contributed by atoms with Crippen molar-refractivity contribution in [3.63, 3.8) is 0 Å². The van der Waals surface area contributed by atoms with Gasteiger partial charge in [-0.1, -0.05) is 19.9 Å². The lowest BCUT2D eigenvalue weighted by Gasteiger charge is -2.08. The second kappa shape index (κ2) is 4.53. The van der Waals surface area contributed by atoms with E-state index in [1.807, 2.05) is 13.8 Å². The molecule has 2 N–H and O–H groups in total. The van der Waals surface area contributed by atoms with Gasteiger partial charge in [0.15, 0.2) is 0 Å². The SMILES string of the molecule is CC(C)CS(=O)(=O)Oc1cccc(N)c1. The van der Waals surface area contributed by atoms with Gasteiger partial charge in [-0.3, -0.25) is 0 Å². The van der Waals surface area contributed by atoms with E-state index < -0.39 is 10.1 Å². The number of benzene rings is 1.